The van der Waals surface area contributed by atoms with Gasteiger partial charge in [-0.25, -0.2) is 0 Å². The highest BCUT2D eigenvalue weighted by Crippen LogP contribution is 2.55. The number of likely N-dealkylation sites (N-methyl/N-ethyl adjacent to an activating group) is 1. The van der Waals surface area contributed by atoms with Crippen LogP contribution in [0.3, 0.4) is 0 Å². The number of rotatable bonds is 0. The minimum absolute atomic E-state index is 0.0111. The molecule has 1 atom stereocenters. The fraction of sp³-hybridized carbons (Fsp3) is 0.259. The average Bonchev–Trinajstić information content (AvgIpc) is 2.93. The van der Waals surface area contributed by atoms with Gasteiger partial charge in [0.1, 0.15) is 12.4 Å². The Hall–Kier alpha value is -3.00. The van der Waals surface area contributed by atoms with Crippen molar-refractivity contribution < 1.29 is 4.74 Å². The van der Waals surface area contributed by atoms with E-state index in [0.29, 0.717) is 6.61 Å². The Morgan fingerprint density at radius 2 is 1.34 bits per heavy atom. The number of para-hydroxylation sites is 1. The molecule has 4 aromatic rings. The van der Waals surface area contributed by atoms with E-state index < -0.39 is 0 Å². The van der Waals surface area contributed by atoms with E-state index in [1.807, 2.05) is 0 Å². The predicted octanol–water partition coefficient (Wildman–Crippen LogP) is 6.09. The average molecular weight is 380 g/mol. The van der Waals surface area contributed by atoms with Crippen LogP contribution in [0.25, 0.3) is 21.5 Å². The number of hydrogen-bond acceptors (Lipinski definition) is 2. The van der Waals surface area contributed by atoms with E-state index in [2.05, 4.69) is 98.6 Å². The van der Waals surface area contributed by atoms with E-state index >= 15 is 0 Å². The molecule has 0 aliphatic carbocycles. The summed E-state index contributed by atoms with van der Waals surface area (Å²) >= 11 is 0. The van der Waals surface area contributed by atoms with E-state index in [1.165, 1.54) is 38.4 Å². The summed E-state index contributed by atoms with van der Waals surface area (Å²) in [7, 11) is 2.24. The maximum atomic E-state index is 6.68. The van der Waals surface area contributed by atoms with Crippen LogP contribution in [0.2, 0.25) is 0 Å². The molecule has 0 bridgehead atoms. The quantitative estimate of drug-likeness (QED) is 0.343. The molecule has 2 heteroatoms. The van der Waals surface area contributed by atoms with Crippen LogP contribution >= 0.6 is 0 Å². The van der Waals surface area contributed by atoms with Gasteiger partial charge in [-0.15, -0.1) is 0 Å². The van der Waals surface area contributed by atoms with Gasteiger partial charge in [0.15, 0.2) is 0 Å². The molecule has 0 aromatic heterocycles. The van der Waals surface area contributed by atoms with E-state index in [0.717, 1.165) is 12.2 Å². The van der Waals surface area contributed by atoms with Crippen LogP contribution in [-0.4, -0.2) is 19.2 Å². The van der Waals surface area contributed by atoms with Gasteiger partial charge in [0.25, 0.3) is 0 Å². The van der Waals surface area contributed by atoms with Crippen LogP contribution < -0.4 is 9.64 Å². The van der Waals surface area contributed by atoms with Crippen molar-refractivity contribution in [3.8, 4) is 5.75 Å². The minimum Gasteiger partial charge on any atom is -0.490 e. The summed E-state index contributed by atoms with van der Waals surface area (Å²) < 4.78 is 6.68. The normalized spacial score (nSPS) is 22.0. The molecule has 4 aromatic carbocycles. The van der Waals surface area contributed by atoms with Crippen molar-refractivity contribution in [2.45, 2.75) is 31.2 Å². The Morgan fingerprint density at radius 3 is 2.07 bits per heavy atom. The van der Waals surface area contributed by atoms with Gasteiger partial charge >= 0.3 is 0 Å². The summed E-state index contributed by atoms with van der Waals surface area (Å²) in [4.78, 5) is 2.48. The summed E-state index contributed by atoms with van der Waals surface area (Å²) in [5.41, 5.74) is 3.98. The summed E-state index contributed by atoms with van der Waals surface area (Å²) in [6.07, 6.45) is 0.978. The molecule has 144 valence electrons. The van der Waals surface area contributed by atoms with Crippen molar-refractivity contribution in [2.75, 3.05) is 18.6 Å². The monoisotopic (exact) mass is 379 g/mol. The molecule has 2 aliphatic rings. The number of hydrogen-bond donors (Lipinski definition) is 0. The van der Waals surface area contributed by atoms with Gasteiger partial charge < -0.3 is 9.64 Å². The topological polar surface area (TPSA) is 12.5 Å². The first-order valence-electron chi connectivity index (χ1n) is 10.4. The Bertz CT molecular complexity index is 1290. The zero-order valence-corrected chi connectivity index (χ0v) is 17.2. The standard InChI is InChI=1S/C27H25NO/c1-26(2)23-14-8-9-15-24(23)28(3)27(26)16-22-20-12-5-4-10-18(20)19-11-6-7-13-21(19)25(22)29-17-27/h4-15H,16-17H2,1-3H3. The van der Waals surface area contributed by atoms with E-state index in [4.69, 9.17) is 4.74 Å². The lowest BCUT2D eigenvalue weighted by Gasteiger charge is -2.49. The van der Waals surface area contributed by atoms with Crippen LogP contribution in [0.4, 0.5) is 5.69 Å². The molecule has 2 heterocycles. The molecule has 0 radical (unpaired) electrons. The van der Waals surface area contributed by atoms with E-state index in [1.54, 1.807) is 0 Å². The van der Waals surface area contributed by atoms with Crippen molar-refractivity contribution in [1.82, 2.24) is 0 Å². The molecule has 0 fully saturated rings. The highest BCUT2D eigenvalue weighted by Gasteiger charge is 2.57. The first-order chi connectivity index (χ1) is 14.0. The lowest BCUT2D eigenvalue weighted by Crippen LogP contribution is -2.61. The Kier molecular flexibility index (Phi) is 3.23. The molecule has 1 unspecified atom stereocenters. The second-order valence-electron chi connectivity index (χ2n) is 9.10. The van der Waals surface area contributed by atoms with Gasteiger partial charge in [-0.05, 0) is 27.8 Å². The number of anilines is 1. The number of nitrogens with zero attached hydrogens (tertiary/aromatic N) is 1. The molecule has 2 nitrogen and oxygen atoms in total. The van der Waals surface area contributed by atoms with Crippen molar-refractivity contribution in [1.29, 1.82) is 0 Å². The van der Waals surface area contributed by atoms with Crippen LogP contribution in [0.15, 0.2) is 72.8 Å². The van der Waals surface area contributed by atoms with Crippen molar-refractivity contribution in [2.24, 2.45) is 0 Å². The predicted molar refractivity (Wildman–Crippen MR) is 121 cm³/mol. The smallest absolute Gasteiger partial charge is 0.131 e. The Labute approximate surface area is 171 Å². The number of benzene rings is 4. The summed E-state index contributed by atoms with van der Waals surface area (Å²) in [6, 6.07) is 26.3. The lowest BCUT2D eigenvalue weighted by molar-refractivity contribution is 0.136. The largest absolute Gasteiger partial charge is 0.490 e. The second kappa shape index (κ2) is 5.54. The first kappa shape index (κ1) is 16.9. The number of ether oxygens (including phenoxy) is 1. The highest BCUT2D eigenvalue weighted by molar-refractivity contribution is 6.12. The maximum absolute atomic E-state index is 6.68. The van der Waals surface area contributed by atoms with E-state index in [9.17, 15) is 0 Å². The van der Waals surface area contributed by atoms with Crippen LogP contribution in [0, 0.1) is 0 Å². The molecule has 1 spiro atoms. The third kappa shape index (κ3) is 1.97. The molecule has 29 heavy (non-hydrogen) atoms. The van der Waals surface area contributed by atoms with Crippen LogP contribution in [-0.2, 0) is 11.8 Å². The third-order valence-electron chi connectivity index (χ3n) is 7.66. The zero-order valence-electron chi connectivity index (χ0n) is 17.2. The summed E-state index contributed by atoms with van der Waals surface area (Å²) in [6.45, 7) is 5.46. The Balaban J connectivity index is 1.64. The van der Waals surface area contributed by atoms with Gasteiger partial charge in [-0.1, -0.05) is 80.6 Å². The molecule has 0 saturated carbocycles. The highest BCUT2D eigenvalue weighted by atomic mass is 16.5. The second-order valence-corrected chi connectivity index (χ2v) is 9.10. The van der Waals surface area contributed by atoms with E-state index in [-0.39, 0.29) is 11.0 Å². The lowest BCUT2D eigenvalue weighted by atomic mass is 9.66. The first-order valence-corrected chi connectivity index (χ1v) is 10.4. The van der Waals surface area contributed by atoms with Gasteiger partial charge in [-0.3, -0.25) is 0 Å². The van der Waals surface area contributed by atoms with Gasteiger partial charge in [0.2, 0.25) is 0 Å². The fourth-order valence-corrected chi connectivity index (χ4v) is 5.87. The van der Waals surface area contributed by atoms with Gasteiger partial charge in [0, 0.05) is 35.5 Å². The van der Waals surface area contributed by atoms with Crippen molar-refractivity contribution in [3.63, 3.8) is 0 Å². The van der Waals surface area contributed by atoms with Crippen LogP contribution in [0.5, 0.6) is 5.75 Å². The summed E-state index contributed by atoms with van der Waals surface area (Å²) in [5.74, 6) is 1.07. The zero-order chi connectivity index (χ0) is 19.8. The minimum atomic E-state index is -0.102. The van der Waals surface area contributed by atoms with Crippen LogP contribution in [0.1, 0.15) is 25.0 Å². The van der Waals surface area contributed by atoms with Crippen molar-refractivity contribution >= 4 is 27.2 Å². The SMILES string of the molecule is CN1c2ccccc2C(C)(C)C12COc1c(c3ccccc3c3ccccc13)C2. The number of fused-ring (bicyclic) bond motifs is 7. The Morgan fingerprint density at radius 1 is 0.759 bits per heavy atom. The molecular weight excluding hydrogens is 354 g/mol. The molecular formula is C27H25NO. The fourth-order valence-electron chi connectivity index (χ4n) is 5.87. The molecule has 0 saturated heterocycles. The molecule has 0 amide bonds. The van der Waals surface area contributed by atoms with Gasteiger partial charge in [-0.2, -0.15) is 0 Å². The summed E-state index contributed by atoms with van der Waals surface area (Å²) in [5, 5.41) is 5.14. The van der Waals surface area contributed by atoms with Crippen molar-refractivity contribution in [3.05, 3.63) is 83.9 Å². The third-order valence-corrected chi connectivity index (χ3v) is 7.66. The molecule has 0 N–H and O–H groups in total. The maximum Gasteiger partial charge on any atom is 0.131 e. The molecule has 6 rings (SSSR count). The van der Waals surface area contributed by atoms with Gasteiger partial charge in [0.05, 0.1) is 5.54 Å². The molecule has 2 aliphatic heterocycles.